The van der Waals surface area contributed by atoms with Crippen molar-refractivity contribution in [3.8, 4) is 0 Å². The van der Waals surface area contributed by atoms with Gasteiger partial charge in [0.1, 0.15) is 0 Å². The molecule has 2 heterocycles. The molecule has 1 atom stereocenters. The average Bonchev–Trinajstić information content (AvgIpc) is 2.53. The van der Waals surface area contributed by atoms with Crippen LogP contribution in [0.15, 0.2) is 23.4 Å². The third kappa shape index (κ3) is 3.53. The number of ether oxygens (including phenoxy) is 1. The van der Waals surface area contributed by atoms with E-state index in [4.69, 9.17) is 4.74 Å². The van der Waals surface area contributed by atoms with E-state index >= 15 is 0 Å². The van der Waals surface area contributed by atoms with Gasteiger partial charge in [-0.3, -0.25) is 0 Å². The predicted molar refractivity (Wildman–Crippen MR) is 81.8 cm³/mol. The molecule has 21 heavy (non-hydrogen) atoms. The molecule has 1 unspecified atom stereocenters. The Balaban J connectivity index is 2.34. The maximum atomic E-state index is 12.9. The first-order valence-electron chi connectivity index (χ1n) is 7.39. The van der Waals surface area contributed by atoms with Crippen molar-refractivity contribution in [2.75, 3.05) is 31.6 Å². The number of sulfonamides is 1. The van der Waals surface area contributed by atoms with Gasteiger partial charge in [-0.1, -0.05) is 13.8 Å². The largest absolute Gasteiger partial charge is 0.383 e. The number of aromatic nitrogens is 1. The molecule has 2 rings (SSSR count). The molecule has 0 spiro atoms. The van der Waals surface area contributed by atoms with Crippen molar-refractivity contribution in [2.45, 2.75) is 37.8 Å². The standard InChI is InChI=1S/C14H23N3O3S/c1-3-7-15-13-6-5-8-16-14(13)21(18,19)17-9-10-20-11-12(17)4-2/h5-6,8,12,15H,3-4,7,9-11H2,1-2H3. The van der Waals surface area contributed by atoms with Gasteiger partial charge in [0.15, 0.2) is 5.03 Å². The molecule has 1 aliphatic heterocycles. The van der Waals surface area contributed by atoms with Crippen LogP contribution in [0.2, 0.25) is 0 Å². The minimum Gasteiger partial charge on any atom is -0.383 e. The maximum absolute atomic E-state index is 12.9. The van der Waals surface area contributed by atoms with E-state index in [2.05, 4.69) is 10.3 Å². The summed E-state index contributed by atoms with van der Waals surface area (Å²) in [5.74, 6) is 0. The first-order valence-corrected chi connectivity index (χ1v) is 8.83. The Morgan fingerprint density at radius 2 is 2.29 bits per heavy atom. The number of rotatable bonds is 6. The summed E-state index contributed by atoms with van der Waals surface area (Å²) in [7, 11) is -3.60. The van der Waals surface area contributed by atoms with Gasteiger partial charge in [0, 0.05) is 25.3 Å². The smallest absolute Gasteiger partial charge is 0.263 e. The lowest BCUT2D eigenvalue weighted by molar-refractivity contribution is 0.0313. The molecule has 0 amide bonds. The lowest BCUT2D eigenvalue weighted by atomic mass is 10.2. The second-order valence-corrected chi connectivity index (χ2v) is 6.84. The van der Waals surface area contributed by atoms with Gasteiger partial charge in [-0.05, 0) is 25.0 Å². The highest BCUT2D eigenvalue weighted by atomic mass is 32.2. The number of morpholine rings is 1. The van der Waals surface area contributed by atoms with E-state index in [0.29, 0.717) is 32.0 Å². The van der Waals surface area contributed by atoms with Gasteiger partial charge < -0.3 is 10.1 Å². The molecule has 0 bridgehead atoms. The van der Waals surface area contributed by atoms with Gasteiger partial charge in [-0.25, -0.2) is 13.4 Å². The molecule has 1 N–H and O–H groups in total. The van der Waals surface area contributed by atoms with Crippen LogP contribution in [-0.2, 0) is 14.8 Å². The van der Waals surface area contributed by atoms with Crippen LogP contribution in [0.25, 0.3) is 0 Å². The summed E-state index contributed by atoms with van der Waals surface area (Å²) in [6, 6.07) is 3.38. The third-order valence-electron chi connectivity index (χ3n) is 3.53. The van der Waals surface area contributed by atoms with E-state index in [1.165, 1.54) is 10.5 Å². The molecule has 1 aliphatic rings. The van der Waals surface area contributed by atoms with Gasteiger partial charge in [0.05, 0.1) is 18.9 Å². The van der Waals surface area contributed by atoms with E-state index in [-0.39, 0.29) is 11.1 Å². The van der Waals surface area contributed by atoms with E-state index < -0.39 is 10.0 Å². The molecule has 6 nitrogen and oxygen atoms in total. The van der Waals surface area contributed by atoms with Gasteiger partial charge in [-0.2, -0.15) is 4.31 Å². The van der Waals surface area contributed by atoms with Gasteiger partial charge in [-0.15, -0.1) is 0 Å². The lowest BCUT2D eigenvalue weighted by Crippen LogP contribution is -2.48. The van der Waals surface area contributed by atoms with Gasteiger partial charge in [0.25, 0.3) is 10.0 Å². The molecular weight excluding hydrogens is 290 g/mol. The number of nitrogens with zero attached hydrogens (tertiary/aromatic N) is 2. The summed E-state index contributed by atoms with van der Waals surface area (Å²) in [5, 5.41) is 3.25. The fourth-order valence-corrected chi connectivity index (χ4v) is 4.13. The quantitative estimate of drug-likeness (QED) is 0.865. The minimum atomic E-state index is -3.60. The Hall–Kier alpha value is -1.18. The molecule has 7 heteroatoms. The van der Waals surface area contributed by atoms with Crippen molar-refractivity contribution in [3.63, 3.8) is 0 Å². The summed E-state index contributed by atoms with van der Waals surface area (Å²) in [6.45, 7) is 5.98. The van der Waals surface area contributed by atoms with Crippen molar-refractivity contribution < 1.29 is 13.2 Å². The van der Waals surface area contributed by atoms with Crippen molar-refractivity contribution in [3.05, 3.63) is 18.3 Å². The molecule has 1 aromatic rings. The Bertz CT molecular complexity index is 562. The Kier molecular flexibility index (Phi) is 5.55. The number of hydrogen-bond acceptors (Lipinski definition) is 5. The maximum Gasteiger partial charge on any atom is 0.263 e. The fourth-order valence-electron chi connectivity index (χ4n) is 2.38. The second-order valence-electron chi connectivity index (χ2n) is 5.04. The number of pyridine rings is 1. The van der Waals surface area contributed by atoms with Crippen LogP contribution in [0, 0.1) is 0 Å². The van der Waals surface area contributed by atoms with E-state index in [0.717, 1.165) is 12.8 Å². The zero-order valence-electron chi connectivity index (χ0n) is 12.6. The topological polar surface area (TPSA) is 71.5 Å². The Morgan fingerprint density at radius 3 is 3.00 bits per heavy atom. The van der Waals surface area contributed by atoms with Crippen molar-refractivity contribution in [2.24, 2.45) is 0 Å². The molecule has 0 saturated carbocycles. The highest BCUT2D eigenvalue weighted by molar-refractivity contribution is 7.89. The zero-order chi connectivity index (χ0) is 15.3. The predicted octanol–water partition coefficient (Wildman–Crippen LogP) is 1.70. The minimum absolute atomic E-state index is 0.110. The highest BCUT2D eigenvalue weighted by Crippen LogP contribution is 2.25. The first-order chi connectivity index (χ1) is 10.1. The van der Waals surface area contributed by atoms with Gasteiger partial charge in [0.2, 0.25) is 0 Å². The molecule has 0 aliphatic carbocycles. The van der Waals surface area contributed by atoms with Crippen molar-refractivity contribution >= 4 is 15.7 Å². The summed E-state index contributed by atoms with van der Waals surface area (Å²) < 4.78 is 32.7. The summed E-state index contributed by atoms with van der Waals surface area (Å²) in [6.07, 6.45) is 3.17. The van der Waals surface area contributed by atoms with E-state index in [9.17, 15) is 8.42 Å². The highest BCUT2D eigenvalue weighted by Gasteiger charge is 2.35. The fraction of sp³-hybridized carbons (Fsp3) is 0.643. The van der Waals surface area contributed by atoms with Crippen molar-refractivity contribution in [1.29, 1.82) is 0 Å². The number of anilines is 1. The average molecular weight is 313 g/mol. The summed E-state index contributed by atoms with van der Waals surface area (Å²) in [4.78, 5) is 4.11. The first kappa shape index (κ1) is 16.2. The van der Waals surface area contributed by atoms with Gasteiger partial charge >= 0.3 is 0 Å². The van der Waals surface area contributed by atoms with E-state index in [1.54, 1.807) is 12.1 Å². The lowest BCUT2D eigenvalue weighted by Gasteiger charge is -2.33. The monoisotopic (exact) mass is 313 g/mol. The van der Waals surface area contributed by atoms with Crippen LogP contribution in [0.3, 0.4) is 0 Å². The third-order valence-corrected chi connectivity index (χ3v) is 5.45. The Labute approximate surface area is 126 Å². The summed E-state index contributed by atoms with van der Waals surface area (Å²) >= 11 is 0. The second kappa shape index (κ2) is 7.20. The molecular formula is C14H23N3O3S. The molecule has 0 radical (unpaired) electrons. The number of hydrogen-bond donors (Lipinski definition) is 1. The molecule has 1 fully saturated rings. The van der Waals surface area contributed by atoms with Crippen LogP contribution in [0.4, 0.5) is 5.69 Å². The Morgan fingerprint density at radius 1 is 1.48 bits per heavy atom. The van der Waals surface area contributed by atoms with Crippen LogP contribution < -0.4 is 5.32 Å². The van der Waals surface area contributed by atoms with Crippen molar-refractivity contribution in [1.82, 2.24) is 9.29 Å². The molecule has 118 valence electrons. The molecule has 1 aromatic heterocycles. The number of nitrogens with one attached hydrogen (secondary N) is 1. The normalized spacial score (nSPS) is 20.4. The molecule has 0 aromatic carbocycles. The van der Waals surface area contributed by atoms with Crippen LogP contribution in [0.5, 0.6) is 0 Å². The van der Waals surface area contributed by atoms with E-state index in [1.807, 2.05) is 13.8 Å². The SMILES string of the molecule is CCCNc1cccnc1S(=O)(=O)N1CCOCC1CC. The van der Waals surface area contributed by atoms with Crippen LogP contribution >= 0.6 is 0 Å². The zero-order valence-corrected chi connectivity index (χ0v) is 13.4. The van der Waals surface area contributed by atoms with Crippen LogP contribution in [-0.4, -0.2) is 50.1 Å². The molecule has 1 saturated heterocycles. The van der Waals surface area contributed by atoms with Crippen LogP contribution in [0.1, 0.15) is 26.7 Å². The summed E-state index contributed by atoms with van der Waals surface area (Å²) in [5.41, 5.74) is 0.570.